The molecule has 2 atom stereocenters. The van der Waals surface area contributed by atoms with Crippen LogP contribution in [0.2, 0.25) is 0 Å². The predicted molar refractivity (Wildman–Crippen MR) is 81.4 cm³/mol. The lowest BCUT2D eigenvalue weighted by Crippen LogP contribution is -2.37. The van der Waals surface area contributed by atoms with E-state index in [1.54, 1.807) is 6.07 Å². The van der Waals surface area contributed by atoms with Crippen LogP contribution in [-0.4, -0.2) is 21.6 Å². The Morgan fingerprint density at radius 3 is 2.45 bits per heavy atom. The third kappa shape index (κ3) is 3.64. The van der Waals surface area contributed by atoms with E-state index in [0.29, 0.717) is 11.4 Å². The van der Waals surface area contributed by atoms with E-state index < -0.39 is 10.0 Å². The molecule has 0 saturated carbocycles. The molecule has 114 valence electrons. The van der Waals surface area contributed by atoms with Crippen molar-refractivity contribution in [2.45, 2.75) is 45.1 Å². The third-order valence-corrected chi connectivity index (χ3v) is 5.26. The SMILES string of the molecule is CCC(C)C(C)NS(=O)(=O)c1cc(N)c(C)cc1OC. The second-order valence-corrected chi connectivity index (χ2v) is 6.84. The van der Waals surface area contributed by atoms with Crippen LogP contribution in [0.25, 0.3) is 0 Å². The van der Waals surface area contributed by atoms with Crippen molar-refractivity contribution in [1.82, 2.24) is 4.72 Å². The molecule has 2 unspecified atom stereocenters. The first kappa shape index (κ1) is 16.8. The highest BCUT2D eigenvalue weighted by Gasteiger charge is 2.24. The van der Waals surface area contributed by atoms with Crippen LogP contribution in [-0.2, 0) is 10.0 Å². The number of hydrogen-bond donors (Lipinski definition) is 2. The molecule has 1 aromatic carbocycles. The zero-order valence-corrected chi connectivity index (χ0v) is 13.5. The Bertz CT molecular complexity index is 570. The van der Waals surface area contributed by atoms with Gasteiger partial charge in [-0.3, -0.25) is 0 Å². The van der Waals surface area contributed by atoms with Crippen LogP contribution in [0.15, 0.2) is 17.0 Å². The van der Waals surface area contributed by atoms with Crippen LogP contribution in [0, 0.1) is 12.8 Å². The number of methoxy groups -OCH3 is 1. The van der Waals surface area contributed by atoms with Crippen molar-refractivity contribution >= 4 is 15.7 Å². The standard InChI is InChI=1S/C14H24N2O3S/c1-6-9(2)11(4)16-20(17,18)14-8-12(15)10(3)7-13(14)19-5/h7-9,11,16H,6,15H2,1-5H3. The average molecular weight is 300 g/mol. The summed E-state index contributed by atoms with van der Waals surface area (Å²) in [6, 6.07) is 2.93. The van der Waals surface area contributed by atoms with Crippen molar-refractivity contribution in [2.75, 3.05) is 12.8 Å². The van der Waals surface area contributed by atoms with Gasteiger partial charge in [0.05, 0.1) is 7.11 Å². The predicted octanol–water partition coefficient (Wildman–Crippen LogP) is 2.30. The highest BCUT2D eigenvalue weighted by Crippen LogP contribution is 2.29. The number of sulfonamides is 1. The normalized spacial score (nSPS) is 14.8. The Labute approximate surface area is 121 Å². The van der Waals surface area contributed by atoms with E-state index in [1.807, 2.05) is 27.7 Å². The van der Waals surface area contributed by atoms with Crippen LogP contribution in [0.3, 0.4) is 0 Å². The molecule has 1 rings (SSSR count). The fourth-order valence-electron chi connectivity index (χ4n) is 1.82. The van der Waals surface area contributed by atoms with E-state index in [2.05, 4.69) is 4.72 Å². The van der Waals surface area contributed by atoms with E-state index in [1.165, 1.54) is 13.2 Å². The van der Waals surface area contributed by atoms with E-state index in [-0.39, 0.29) is 16.9 Å². The number of rotatable bonds is 6. The summed E-state index contributed by atoms with van der Waals surface area (Å²) >= 11 is 0. The van der Waals surface area contributed by atoms with E-state index in [9.17, 15) is 8.42 Å². The summed E-state index contributed by atoms with van der Waals surface area (Å²) in [5.74, 6) is 0.555. The van der Waals surface area contributed by atoms with Gasteiger partial charge >= 0.3 is 0 Å². The van der Waals surface area contributed by atoms with Gasteiger partial charge in [-0.25, -0.2) is 13.1 Å². The zero-order valence-electron chi connectivity index (χ0n) is 12.7. The van der Waals surface area contributed by atoms with Crippen LogP contribution >= 0.6 is 0 Å². The van der Waals surface area contributed by atoms with Gasteiger partial charge in [-0.05, 0) is 37.5 Å². The maximum atomic E-state index is 12.5. The summed E-state index contributed by atoms with van der Waals surface area (Å²) in [5.41, 5.74) is 7.03. The quantitative estimate of drug-likeness (QED) is 0.790. The smallest absolute Gasteiger partial charge is 0.244 e. The van der Waals surface area contributed by atoms with E-state index >= 15 is 0 Å². The lowest BCUT2D eigenvalue weighted by atomic mass is 10.0. The van der Waals surface area contributed by atoms with Crippen molar-refractivity contribution < 1.29 is 13.2 Å². The first-order chi connectivity index (χ1) is 9.22. The van der Waals surface area contributed by atoms with Crippen LogP contribution in [0.1, 0.15) is 32.8 Å². The van der Waals surface area contributed by atoms with Gasteiger partial charge in [-0.2, -0.15) is 0 Å². The molecule has 0 fully saturated rings. The van der Waals surface area contributed by atoms with Crippen molar-refractivity contribution in [1.29, 1.82) is 0 Å². The number of nitrogen functional groups attached to an aromatic ring is 1. The Morgan fingerprint density at radius 2 is 1.95 bits per heavy atom. The Morgan fingerprint density at radius 1 is 1.35 bits per heavy atom. The minimum Gasteiger partial charge on any atom is -0.495 e. The Kier molecular flexibility index (Phi) is 5.42. The minimum absolute atomic E-state index is 0.0817. The lowest BCUT2D eigenvalue weighted by molar-refractivity contribution is 0.399. The second-order valence-electron chi connectivity index (χ2n) is 5.16. The van der Waals surface area contributed by atoms with Gasteiger partial charge in [-0.1, -0.05) is 20.3 Å². The monoisotopic (exact) mass is 300 g/mol. The van der Waals surface area contributed by atoms with Gasteiger partial charge in [0.1, 0.15) is 10.6 Å². The first-order valence-electron chi connectivity index (χ1n) is 6.69. The molecule has 0 aromatic heterocycles. The number of ether oxygens (including phenoxy) is 1. The first-order valence-corrected chi connectivity index (χ1v) is 8.17. The zero-order chi connectivity index (χ0) is 15.5. The number of nitrogens with two attached hydrogens (primary N) is 1. The van der Waals surface area contributed by atoms with Crippen molar-refractivity contribution in [3.63, 3.8) is 0 Å². The topological polar surface area (TPSA) is 81.4 Å². The number of anilines is 1. The van der Waals surface area contributed by atoms with E-state index in [0.717, 1.165) is 12.0 Å². The van der Waals surface area contributed by atoms with Gasteiger partial charge in [0.2, 0.25) is 10.0 Å². The van der Waals surface area contributed by atoms with Crippen LogP contribution < -0.4 is 15.2 Å². The third-order valence-electron chi connectivity index (χ3n) is 3.68. The molecule has 0 saturated heterocycles. The molecule has 20 heavy (non-hydrogen) atoms. The molecule has 1 aromatic rings. The molecular weight excluding hydrogens is 276 g/mol. The summed E-state index contributed by atoms with van der Waals surface area (Å²) in [5, 5.41) is 0. The van der Waals surface area contributed by atoms with Gasteiger partial charge in [-0.15, -0.1) is 0 Å². The number of nitrogens with one attached hydrogen (secondary N) is 1. The molecule has 5 nitrogen and oxygen atoms in total. The summed E-state index contributed by atoms with van der Waals surface area (Å²) in [4.78, 5) is 0.0817. The largest absolute Gasteiger partial charge is 0.495 e. The van der Waals surface area contributed by atoms with Gasteiger partial charge in [0, 0.05) is 11.7 Å². The number of benzene rings is 1. The molecule has 0 aliphatic heterocycles. The molecule has 0 amide bonds. The molecule has 3 N–H and O–H groups in total. The minimum atomic E-state index is -3.65. The Hall–Kier alpha value is -1.27. The highest BCUT2D eigenvalue weighted by molar-refractivity contribution is 7.89. The summed E-state index contributed by atoms with van der Waals surface area (Å²) in [7, 11) is -2.21. The molecular formula is C14H24N2O3S. The van der Waals surface area contributed by atoms with Crippen molar-refractivity contribution in [2.24, 2.45) is 5.92 Å². The summed E-state index contributed by atoms with van der Waals surface area (Å²) < 4.78 is 32.8. The van der Waals surface area contributed by atoms with Crippen LogP contribution in [0.4, 0.5) is 5.69 Å². The Balaban J connectivity index is 3.19. The fraction of sp³-hybridized carbons (Fsp3) is 0.571. The molecule has 6 heteroatoms. The van der Waals surface area contributed by atoms with Gasteiger partial charge < -0.3 is 10.5 Å². The van der Waals surface area contributed by atoms with Crippen molar-refractivity contribution in [3.8, 4) is 5.75 Å². The molecule has 0 bridgehead atoms. The molecule has 0 aliphatic rings. The second kappa shape index (κ2) is 6.45. The van der Waals surface area contributed by atoms with Crippen LogP contribution in [0.5, 0.6) is 5.75 Å². The van der Waals surface area contributed by atoms with Gasteiger partial charge in [0.15, 0.2) is 0 Å². The average Bonchev–Trinajstić information content (AvgIpc) is 2.39. The number of hydrogen-bond acceptors (Lipinski definition) is 4. The van der Waals surface area contributed by atoms with E-state index in [4.69, 9.17) is 10.5 Å². The molecule has 0 spiro atoms. The summed E-state index contributed by atoms with van der Waals surface area (Å²) in [6.45, 7) is 7.70. The molecule has 0 heterocycles. The maximum absolute atomic E-state index is 12.5. The lowest BCUT2D eigenvalue weighted by Gasteiger charge is -2.21. The molecule has 0 radical (unpaired) electrons. The maximum Gasteiger partial charge on any atom is 0.244 e. The number of aryl methyl sites for hydroxylation is 1. The summed E-state index contributed by atoms with van der Waals surface area (Å²) in [6.07, 6.45) is 0.900. The molecule has 0 aliphatic carbocycles. The van der Waals surface area contributed by atoms with Crippen molar-refractivity contribution in [3.05, 3.63) is 17.7 Å². The van der Waals surface area contributed by atoms with Gasteiger partial charge in [0.25, 0.3) is 0 Å². The fourth-order valence-corrected chi connectivity index (χ4v) is 3.36. The highest BCUT2D eigenvalue weighted by atomic mass is 32.2.